The van der Waals surface area contributed by atoms with Gasteiger partial charge >= 0.3 is 0 Å². The van der Waals surface area contributed by atoms with Crippen LogP contribution in [0.3, 0.4) is 0 Å². The molecule has 0 aliphatic heterocycles. The van der Waals surface area contributed by atoms with E-state index >= 15 is 0 Å². The Bertz CT molecular complexity index is 1650. The number of fused-ring (bicyclic) bond motifs is 1. The molecule has 0 heterocycles. The van der Waals surface area contributed by atoms with Gasteiger partial charge in [0, 0.05) is 24.9 Å². The number of hydrogen-bond acceptors (Lipinski definition) is 4. The van der Waals surface area contributed by atoms with Crippen LogP contribution < -0.4 is 21.3 Å². The fourth-order valence-corrected chi connectivity index (χ4v) is 5.12. The number of hydrogen-bond donors (Lipinski definition) is 4. The van der Waals surface area contributed by atoms with Crippen LogP contribution in [0.2, 0.25) is 0 Å². The molecule has 0 aliphatic carbocycles. The fourth-order valence-electron chi connectivity index (χ4n) is 5.12. The molecule has 0 aromatic heterocycles. The van der Waals surface area contributed by atoms with Crippen molar-refractivity contribution in [3.05, 3.63) is 120 Å². The van der Waals surface area contributed by atoms with Gasteiger partial charge in [0.25, 0.3) is 0 Å². The molecular weight excluding hydrogens is 583 g/mol. The number of carbonyl (C=O) groups is 4. The zero-order valence-corrected chi connectivity index (χ0v) is 26.4. The third-order valence-corrected chi connectivity index (χ3v) is 7.36. The first-order chi connectivity index (χ1) is 22.0. The second-order valence-electron chi connectivity index (χ2n) is 12.4. The third-order valence-electron chi connectivity index (χ3n) is 7.36. The second-order valence-corrected chi connectivity index (χ2v) is 12.4. The number of halogens is 1. The Morgan fingerprint density at radius 2 is 1.37 bits per heavy atom. The van der Waals surface area contributed by atoms with Crippen molar-refractivity contribution < 1.29 is 23.6 Å². The van der Waals surface area contributed by atoms with Gasteiger partial charge in [0.2, 0.25) is 23.6 Å². The first-order valence-corrected chi connectivity index (χ1v) is 15.4. The molecule has 0 fully saturated rings. The van der Waals surface area contributed by atoms with Crippen molar-refractivity contribution >= 4 is 34.4 Å². The number of benzene rings is 4. The minimum atomic E-state index is -1.23. The van der Waals surface area contributed by atoms with Crippen molar-refractivity contribution in [3.63, 3.8) is 0 Å². The average Bonchev–Trinajstić information content (AvgIpc) is 3.02. The highest BCUT2D eigenvalue weighted by Crippen LogP contribution is 2.18. The molecule has 0 saturated carbocycles. The Kier molecular flexibility index (Phi) is 11.6. The summed E-state index contributed by atoms with van der Waals surface area (Å²) in [5, 5.41) is 13.2. The van der Waals surface area contributed by atoms with Gasteiger partial charge in [-0.15, -0.1) is 0 Å². The summed E-state index contributed by atoms with van der Waals surface area (Å²) in [4.78, 5) is 53.2. The lowest BCUT2D eigenvalue weighted by atomic mass is 10.0. The van der Waals surface area contributed by atoms with Gasteiger partial charge in [0.15, 0.2) is 0 Å². The van der Waals surface area contributed by atoms with E-state index in [1.807, 2.05) is 93.6 Å². The highest BCUT2D eigenvalue weighted by molar-refractivity contribution is 5.95. The fraction of sp³-hybridized carbons (Fsp3) is 0.297. The lowest BCUT2D eigenvalue weighted by molar-refractivity contribution is -0.134. The summed E-state index contributed by atoms with van der Waals surface area (Å²) in [6, 6.07) is 26.5. The molecule has 0 bridgehead atoms. The molecule has 4 amide bonds. The Morgan fingerprint density at radius 3 is 2.09 bits per heavy atom. The van der Waals surface area contributed by atoms with Crippen LogP contribution in [-0.4, -0.2) is 41.3 Å². The Labute approximate surface area is 269 Å². The van der Waals surface area contributed by atoms with E-state index in [9.17, 15) is 23.6 Å². The van der Waals surface area contributed by atoms with Crippen molar-refractivity contribution in [3.8, 4) is 0 Å². The average molecular weight is 625 g/mol. The summed E-state index contributed by atoms with van der Waals surface area (Å²) < 4.78 is 13.6. The molecule has 0 unspecified atom stereocenters. The molecule has 4 aromatic carbocycles. The number of rotatable bonds is 13. The lowest BCUT2D eigenvalue weighted by Gasteiger charge is -2.25. The molecular formula is C37H41FN4O4. The third kappa shape index (κ3) is 10.5. The summed E-state index contributed by atoms with van der Waals surface area (Å²) in [6.45, 7) is 5.66. The normalized spacial score (nSPS) is 12.5. The van der Waals surface area contributed by atoms with E-state index in [1.165, 1.54) is 12.1 Å². The first kappa shape index (κ1) is 33.8. The molecule has 0 aliphatic rings. The zero-order chi connectivity index (χ0) is 33.1. The van der Waals surface area contributed by atoms with Crippen LogP contribution in [0.4, 0.5) is 4.39 Å². The van der Waals surface area contributed by atoms with Gasteiger partial charge in [0.1, 0.15) is 17.9 Å². The van der Waals surface area contributed by atoms with Crippen LogP contribution in [0.25, 0.3) is 10.8 Å². The van der Waals surface area contributed by atoms with Gasteiger partial charge in [-0.2, -0.15) is 0 Å². The number of aryl methyl sites for hydroxylation is 1. The minimum Gasteiger partial charge on any atom is -0.351 e. The summed E-state index contributed by atoms with van der Waals surface area (Å²) >= 11 is 0. The molecule has 0 spiro atoms. The van der Waals surface area contributed by atoms with Gasteiger partial charge in [0.05, 0.1) is 6.42 Å². The molecule has 4 rings (SSSR count). The van der Waals surface area contributed by atoms with Crippen molar-refractivity contribution in [1.29, 1.82) is 0 Å². The monoisotopic (exact) mass is 624 g/mol. The highest BCUT2D eigenvalue weighted by Gasteiger charge is 2.29. The minimum absolute atomic E-state index is 0.0657. The Hall–Kier alpha value is -5.05. The van der Waals surface area contributed by atoms with E-state index in [0.29, 0.717) is 12.0 Å². The molecule has 2 atom stereocenters. The van der Waals surface area contributed by atoms with E-state index in [2.05, 4.69) is 21.3 Å². The van der Waals surface area contributed by atoms with E-state index in [0.717, 1.165) is 21.9 Å². The summed E-state index contributed by atoms with van der Waals surface area (Å²) in [5.74, 6) is -2.38. The lowest BCUT2D eigenvalue weighted by Crippen LogP contribution is -2.56. The maximum Gasteiger partial charge on any atom is 0.243 e. The Morgan fingerprint density at radius 1 is 0.696 bits per heavy atom. The SMILES string of the molecule is CC(C)(C)NC(=O)C[C@H](NC(=O)CCc1ccccc1)C(=O)N[C@@H](Cc1ccc(F)cc1)C(=O)NCc1cccc2ccccc12. The van der Waals surface area contributed by atoms with E-state index in [1.54, 1.807) is 12.1 Å². The standard InChI is InChI=1S/C37H41FN4O4/c1-37(2,3)42-34(44)23-32(40-33(43)21-18-25-10-5-4-6-11-25)36(46)41-31(22-26-16-19-29(38)20-17-26)35(45)39-24-28-14-9-13-27-12-7-8-15-30(27)28/h4-17,19-20,31-32H,18,21-24H2,1-3H3,(H,39,45)(H,40,43)(H,41,46)(H,42,44)/t31-,32-/m0/s1. The summed E-state index contributed by atoms with van der Waals surface area (Å²) in [6.07, 6.45) is 0.315. The van der Waals surface area contributed by atoms with Gasteiger partial charge in [-0.1, -0.05) is 84.9 Å². The van der Waals surface area contributed by atoms with Crippen LogP contribution in [-0.2, 0) is 38.6 Å². The van der Waals surface area contributed by atoms with Gasteiger partial charge < -0.3 is 21.3 Å². The molecule has 9 heteroatoms. The largest absolute Gasteiger partial charge is 0.351 e. The Balaban J connectivity index is 1.51. The maximum atomic E-state index is 13.7. The van der Waals surface area contributed by atoms with E-state index in [4.69, 9.17) is 0 Å². The molecule has 46 heavy (non-hydrogen) atoms. The number of carbonyl (C=O) groups excluding carboxylic acids is 4. The molecule has 0 saturated heterocycles. The quantitative estimate of drug-likeness (QED) is 0.172. The van der Waals surface area contributed by atoms with E-state index < -0.39 is 47.1 Å². The maximum absolute atomic E-state index is 13.7. The zero-order valence-electron chi connectivity index (χ0n) is 26.4. The first-order valence-electron chi connectivity index (χ1n) is 15.4. The topological polar surface area (TPSA) is 116 Å². The second kappa shape index (κ2) is 15.8. The van der Waals surface area contributed by atoms with Crippen LogP contribution >= 0.6 is 0 Å². The van der Waals surface area contributed by atoms with Crippen molar-refractivity contribution in [2.45, 2.75) is 70.6 Å². The predicted molar refractivity (Wildman–Crippen MR) is 177 cm³/mol. The van der Waals surface area contributed by atoms with Crippen molar-refractivity contribution in [1.82, 2.24) is 21.3 Å². The summed E-state index contributed by atoms with van der Waals surface area (Å²) in [5.41, 5.74) is 1.94. The number of nitrogens with one attached hydrogen (secondary N) is 4. The molecule has 4 N–H and O–H groups in total. The van der Waals surface area contributed by atoms with Crippen LogP contribution in [0.5, 0.6) is 0 Å². The van der Waals surface area contributed by atoms with Crippen LogP contribution in [0.15, 0.2) is 97.1 Å². The molecule has 4 aromatic rings. The van der Waals surface area contributed by atoms with Gasteiger partial charge in [-0.05, 0) is 66.8 Å². The molecule has 240 valence electrons. The highest BCUT2D eigenvalue weighted by atomic mass is 19.1. The van der Waals surface area contributed by atoms with Gasteiger partial charge in [-0.3, -0.25) is 19.2 Å². The van der Waals surface area contributed by atoms with E-state index in [-0.39, 0.29) is 25.8 Å². The summed E-state index contributed by atoms with van der Waals surface area (Å²) in [7, 11) is 0. The van der Waals surface area contributed by atoms with Crippen molar-refractivity contribution in [2.75, 3.05) is 0 Å². The van der Waals surface area contributed by atoms with Crippen LogP contribution in [0, 0.1) is 5.82 Å². The van der Waals surface area contributed by atoms with Gasteiger partial charge in [-0.25, -0.2) is 4.39 Å². The predicted octanol–water partition coefficient (Wildman–Crippen LogP) is 4.75. The smallest absolute Gasteiger partial charge is 0.243 e. The van der Waals surface area contributed by atoms with Crippen molar-refractivity contribution in [2.24, 2.45) is 0 Å². The van der Waals surface area contributed by atoms with Crippen LogP contribution in [0.1, 0.15) is 50.3 Å². The number of amides is 4. The molecule has 0 radical (unpaired) electrons. The molecule has 8 nitrogen and oxygen atoms in total.